The molecule has 0 aliphatic carbocycles. The number of rotatable bonds is 5. The molecule has 0 fully saturated rings. The first kappa shape index (κ1) is 19.6. The largest absolute Gasteiger partial charge is 0.464 e. The Morgan fingerprint density at radius 2 is 2.03 bits per heavy atom. The number of aryl methyl sites for hydroxylation is 1. The van der Waals surface area contributed by atoms with Gasteiger partial charge in [0, 0.05) is 35.6 Å². The average molecular weight is 424 g/mol. The molecule has 2 N–H and O–H groups in total. The highest BCUT2D eigenvalue weighted by molar-refractivity contribution is 6.34. The Labute approximate surface area is 184 Å². The number of amides is 2. The fourth-order valence-corrected chi connectivity index (χ4v) is 3.67. The van der Waals surface area contributed by atoms with Gasteiger partial charge in [0.1, 0.15) is 5.76 Å². The smallest absolute Gasteiger partial charge is 0.256 e. The molecule has 2 amide bonds. The SMILES string of the molecule is Cn1cncc1CNC(=O)c1cccc(-c2coc(C=C3C(=O)Nc4ccccc43)c2)c1. The fraction of sp³-hybridized carbons (Fsp3) is 0.0800. The number of carbonyl (C=O) groups is 2. The molecule has 7 heteroatoms. The van der Waals surface area contributed by atoms with E-state index in [4.69, 9.17) is 4.42 Å². The highest BCUT2D eigenvalue weighted by Crippen LogP contribution is 2.33. The summed E-state index contributed by atoms with van der Waals surface area (Å²) in [5.74, 6) is 0.238. The summed E-state index contributed by atoms with van der Waals surface area (Å²) in [5.41, 5.74) is 5.34. The van der Waals surface area contributed by atoms with Crippen molar-refractivity contribution in [3.8, 4) is 11.1 Å². The first-order valence-corrected chi connectivity index (χ1v) is 10.1. The predicted molar refractivity (Wildman–Crippen MR) is 121 cm³/mol. The van der Waals surface area contributed by atoms with Crippen LogP contribution in [0.25, 0.3) is 22.8 Å². The Hall–Kier alpha value is -4.39. The third-order valence-corrected chi connectivity index (χ3v) is 5.42. The van der Waals surface area contributed by atoms with Crippen molar-refractivity contribution in [2.45, 2.75) is 6.54 Å². The maximum absolute atomic E-state index is 12.6. The van der Waals surface area contributed by atoms with Crippen LogP contribution in [0.1, 0.15) is 27.4 Å². The minimum atomic E-state index is -0.168. The quantitative estimate of drug-likeness (QED) is 0.472. The zero-order valence-corrected chi connectivity index (χ0v) is 17.3. The van der Waals surface area contributed by atoms with Gasteiger partial charge < -0.3 is 19.6 Å². The molecule has 2 aromatic carbocycles. The Morgan fingerprint density at radius 1 is 1.16 bits per heavy atom. The lowest BCUT2D eigenvalue weighted by atomic mass is 10.0. The van der Waals surface area contributed by atoms with Gasteiger partial charge in [-0.05, 0) is 35.9 Å². The van der Waals surface area contributed by atoms with E-state index < -0.39 is 0 Å². The van der Waals surface area contributed by atoms with E-state index in [-0.39, 0.29) is 11.8 Å². The summed E-state index contributed by atoms with van der Waals surface area (Å²) in [5, 5.41) is 5.76. The third-order valence-electron chi connectivity index (χ3n) is 5.42. The van der Waals surface area contributed by atoms with Crippen LogP contribution >= 0.6 is 0 Å². The van der Waals surface area contributed by atoms with Crippen molar-refractivity contribution >= 4 is 29.2 Å². The molecular formula is C25H20N4O3. The highest BCUT2D eigenvalue weighted by atomic mass is 16.3. The van der Waals surface area contributed by atoms with Crippen LogP contribution in [0.4, 0.5) is 5.69 Å². The van der Waals surface area contributed by atoms with Gasteiger partial charge >= 0.3 is 0 Å². The van der Waals surface area contributed by atoms with Crippen LogP contribution in [0, 0.1) is 0 Å². The van der Waals surface area contributed by atoms with E-state index >= 15 is 0 Å². The van der Waals surface area contributed by atoms with Crippen LogP contribution in [0.2, 0.25) is 0 Å². The predicted octanol–water partition coefficient (Wildman–Crippen LogP) is 4.10. The second kappa shape index (κ2) is 8.03. The van der Waals surface area contributed by atoms with Crippen molar-refractivity contribution < 1.29 is 14.0 Å². The molecule has 1 aliphatic rings. The summed E-state index contributed by atoms with van der Waals surface area (Å²) in [6, 6.07) is 16.7. The minimum Gasteiger partial charge on any atom is -0.464 e. The lowest BCUT2D eigenvalue weighted by Crippen LogP contribution is -2.23. The van der Waals surface area contributed by atoms with Crippen LogP contribution < -0.4 is 10.6 Å². The van der Waals surface area contributed by atoms with Gasteiger partial charge in [-0.15, -0.1) is 0 Å². The van der Waals surface area contributed by atoms with Gasteiger partial charge in [-0.1, -0.05) is 30.3 Å². The molecule has 2 aromatic heterocycles. The number of nitrogens with one attached hydrogen (secondary N) is 2. The molecule has 0 saturated heterocycles. The van der Waals surface area contributed by atoms with Crippen molar-refractivity contribution in [1.82, 2.24) is 14.9 Å². The average Bonchev–Trinajstić information content (AvgIpc) is 3.52. The zero-order valence-electron chi connectivity index (χ0n) is 17.3. The maximum Gasteiger partial charge on any atom is 0.256 e. The normalized spacial score (nSPS) is 13.8. The van der Waals surface area contributed by atoms with E-state index in [0.29, 0.717) is 23.4 Å². The number of fused-ring (bicyclic) bond motifs is 1. The summed E-state index contributed by atoms with van der Waals surface area (Å²) >= 11 is 0. The molecule has 0 radical (unpaired) electrons. The Kier molecular flexibility index (Phi) is 4.91. The lowest BCUT2D eigenvalue weighted by Gasteiger charge is -2.07. The Balaban J connectivity index is 1.35. The van der Waals surface area contributed by atoms with E-state index in [2.05, 4.69) is 15.6 Å². The minimum absolute atomic E-state index is 0.156. The standard InChI is InChI=1S/C25H20N4O3/c1-29-15-26-12-19(29)13-27-24(30)17-6-4-5-16(9-17)18-10-20(32-14-18)11-22-21-7-2-3-8-23(21)28-25(22)31/h2-12,14-15H,13H2,1H3,(H,27,30)(H,28,31). The maximum atomic E-state index is 12.6. The molecule has 7 nitrogen and oxygen atoms in total. The van der Waals surface area contributed by atoms with Gasteiger partial charge in [0.25, 0.3) is 11.8 Å². The number of furan rings is 1. The van der Waals surface area contributed by atoms with Crippen LogP contribution in [-0.4, -0.2) is 21.4 Å². The monoisotopic (exact) mass is 424 g/mol. The molecule has 32 heavy (non-hydrogen) atoms. The third kappa shape index (κ3) is 3.72. The molecule has 0 saturated carbocycles. The van der Waals surface area contributed by atoms with Crippen LogP contribution in [0.3, 0.4) is 0 Å². The Bertz CT molecular complexity index is 1360. The number of nitrogens with zero attached hydrogens (tertiary/aromatic N) is 2. The number of anilines is 1. The summed E-state index contributed by atoms with van der Waals surface area (Å²) in [6.45, 7) is 0.395. The summed E-state index contributed by atoms with van der Waals surface area (Å²) in [4.78, 5) is 29.0. The molecule has 5 rings (SSSR count). The zero-order chi connectivity index (χ0) is 22.1. The van der Waals surface area contributed by atoms with E-state index in [1.165, 1.54) is 0 Å². The first-order valence-electron chi connectivity index (χ1n) is 10.1. The number of benzene rings is 2. The second-order valence-corrected chi connectivity index (χ2v) is 7.55. The number of hydrogen-bond donors (Lipinski definition) is 2. The van der Waals surface area contributed by atoms with Gasteiger partial charge in [-0.2, -0.15) is 0 Å². The van der Waals surface area contributed by atoms with Crippen molar-refractivity contribution in [2.75, 3.05) is 5.32 Å². The fourth-order valence-electron chi connectivity index (χ4n) is 3.67. The lowest BCUT2D eigenvalue weighted by molar-refractivity contribution is -0.110. The van der Waals surface area contributed by atoms with Crippen LogP contribution in [0.5, 0.6) is 0 Å². The van der Waals surface area contributed by atoms with Gasteiger partial charge in [-0.25, -0.2) is 4.98 Å². The van der Waals surface area contributed by atoms with Crippen molar-refractivity contribution in [3.63, 3.8) is 0 Å². The number of hydrogen-bond acceptors (Lipinski definition) is 4. The van der Waals surface area contributed by atoms with E-state index in [1.54, 1.807) is 30.9 Å². The number of carbonyl (C=O) groups excluding carboxylic acids is 2. The molecule has 0 unspecified atom stereocenters. The molecule has 0 bridgehead atoms. The first-order chi connectivity index (χ1) is 15.6. The van der Waals surface area contributed by atoms with Gasteiger partial charge in [-0.3, -0.25) is 9.59 Å². The highest BCUT2D eigenvalue weighted by Gasteiger charge is 2.23. The van der Waals surface area contributed by atoms with Gasteiger partial charge in [0.15, 0.2) is 0 Å². The molecule has 0 spiro atoms. The van der Waals surface area contributed by atoms with Crippen LogP contribution in [-0.2, 0) is 18.4 Å². The van der Waals surface area contributed by atoms with Crippen molar-refractivity contribution in [3.05, 3.63) is 96.0 Å². The van der Waals surface area contributed by atoms with Gasteiger partial charge in [0.05, 0.1) is 30.4 Å². The molecule has 3 heterocycles. The molecule has 1 aliphatic heterocycles. The molecule has 0 atom stereocenters. The summed E-state index contributed by atoms with van der Waals surface area (Å²) < 4.78 is 7.55. The van der Waals surface area contributed by atoms with Crippen molar-refractivity contribution in [2.24, 2.45) is 7.05 Å². The van der Waals surface area contributed by atoms with E-state index in [1.807, 2.05) is 60.1 Å². The molecular weight excluding hydrogens is 404 g/mol. The molecule has 4 aromatic rings. The number of aromatic nitrogens is 2. The number of imidazole rings is 1. The molecule has 158 valence electrons. The van der Waals surface area contributed by atoms with E-state index in [0.717, 1.165) is 28.1 Å². The Morgan fingerprint density at radius 3 is 2.88 bits per heavy atom. The summed E-state index contributed by atoms with van der Waals surface area (Å²) in [6.07, 6.45) is 6.77. The van der Waals surface area contributed by atoms with Gasteiger partial charge in [0.2, 0.25) is 0 Å². The topological polar surface area (TPSA) is 89.2 Å². The van der Waals surface area contributed by atoms with Crippen molar-refractivity contribution in [1.29, 1.82) is 0 Å². The van der Waals surface area contributed by atoms with E-state index in [9.17, 15) is 9.59 Å². The second-order valence-electron chi connectivity index (χ2n) is 7.55. The number of para-hydroxylation sites is 1. The summed E-state index contributed by atoms with van der Waals surface area (Å²) in [7, 11) is 1.88. The van der Waals surface area contributed by atoms with Crippen LogP contribution in [0.15, 0.2) is 77.8 Å².